The van der Waals surface area contributed by atoms with E-state index < -0.39 is 15.9 Å². The van der Waals surface area contributed by atoms with Gasteiger partial charge >= 0.3 is 0 Å². The summed E-state index contributed by atoms with van der Waals surface area (Å²) in [6.45, 7) is 0.547. The summed E-state index contributed by atoms with van der Waals surface area (Å²) >= 11 is 4.41. The normalized spacial score (nSPS) is 16.3. The summed E-state index contributed by atoms with van der Waals surface area (Å²) in [6.07, 6.45) is 2.42. The summed E-state index contributed by atoms with van der Waals surface area (Å²) < 4.78 is 27.4. The van der Waals surface area contributed by atoms with Crippen LogP contribution in [0.15, 0.2) is 38.5 Å². The molecule has 3 N–H and O–H groups in total. The second kappa shape index (κ2) is 7.91. The van der Waals surface area contributed by atoms with E-state index in [1.54, 1.807) is 29.8 Å². The number of halogens is 1. The maximum atomic E-state index is 12.5. The first-order valence-corrected chi connectivity index (χ1v) is 11.0. The Morgan fingerprint density at radius 1 is 1.27 bits per heavy atom. The zero-order chi connectivity index (χ0) is 18.7. The zero-order valence-electron chi connectivity index (χ0n) is 13.6. The number of carbonyl (C=O) groups is 2. The maximum Gasteiger partial charge on any atom is 0.286 e. The molecule has 2 aromatic rings. The van der Waals surface area contributed by atoms with Crippen molar-refractivity contribution in [2.45, 2.75) is 17.1 Å². The number of sulfonamides is 1. The molecule has 2 aromatic heterocycles. The Bertz CT molecular complexity index is 887. The minimum atomic E-state index is -3.49. The monoisotopic (exact) mass is 460 g/mol. The minimum Gasteiger partial charge on any atom is -0.356 e. The molecule has 11 heteroatoms. The van der Waals surface area contributed by atoms with Crippen molar-refractivity contribution in [3.05, 3.63) is 39.9 Å². The molecule has 0 atom stereocenters. The van der Waals surface area contributed by atoms with Gasteiger partial charge in [0, 0.05) is 29.7 Å². The van der Waals surface area contributed by atoms with Crippen LogP contribution in [0.25, 0.3) is 0 Å². The van der Waals surface area contributed by atoms with Gasteiger partial charge in [-0.2, -0.15) is 4.31 Å². The molecule has 0 aromatic carbocycles. The number of aromatic nitrogens is 1. The SMILES string of the molecule is O=C(NNC(=O)C1CCN(S(=O)(=O)c2cccs2)CC1)c1cc(Br)c[nH]1. The van der Waals surface area contributed by atoms with Crippen LogP contribution in [-0.4, -0.2) is 42.6 Å². The lowest BCUT2D eigenvalue weighted by Gasteiger charge is -2.30. The van der Waals surface area contributed by atoms with Gasteiger partial charge in [-0.25, -0.2) is 8.42 Å². The smallest absolute Gasteiger partial charge is 0.286 e. The number of nitrogens with one attached hydrogen (secondary N) is 3. The summed E-state index contributed by atoms with van der Waals surface area (Å²) in [5.41, 5.74) is 5.07. The molecule has 0 aliphatic carbocycles. The van der Waals surface area contributed by atoms with Crippen LogP contribution in [0.5, 0.6) is 0 Å². The average molecular weight is 461 g/mol. The molecule has 3 heterocycles. The van der Waals surface area contributed by atoms with E-state index in [-0.39, 0.29) is 24.9 Å². The topological polar surface area (TPSA) is 111 Å². The Balaban J connectivity index is 1.50. The lowest BCUT2D eigenvalue weighted by Crippen LogP contribution is -2.48. The standard InChI is InChI=1S/C15H17BrN4O4S2/c16-11-8-12(17-9-11)15(22)19-18-14(21)10-3-5-20(6-4-10)26(23,24)13-2-1-7-25-13/h1-2,7-10,17H,3-6H2,(H,18,21)(H,19,22). The lowest BCUT2D eigenvalue weighted by atomic mass is 9.98. The van der Waals surface area contributed by atoms with E-state index in [2.05, 4.69) is 31.8 Å². The first-order chi connectivity index (χ1) is 12.4. The third kappa shape index (κ3) is 4.17. The largest absolute Gasteiger partial charge is 0.356 e. The first-order valence-electron chi connectivity index (χ1n) is 7.85. The van der Waals surface area contributed by atoms with Crippen LogP contribution >= 0.6 is 27.3 Å². The van der Waals surface area contributed by atoms with E-state index in [1.165, 1.54) is 15.6 Å². The molecule has 0 saturated carbocycles. The van der Waals surface area contributed by atoms with Gasteiger partial charge in [0.1, 0.15) is 9.90 Å². The van der Waals surface area contributed by atoms with Crippen molar-refractivity contribution < 1.29 is 18.0 Å². The summed E-state index contributed by atoms with van der Waals surface area (Å²) in [4.78, 5) is 26.9. The molecule has 0 spiro atoms. The molecule has 0 bridgehead atoms. The molecule has 1 saturated heterocycles. The molecule has 1 aliphatic rings. The van der Waals surface area contributed by atoms with Gasteiger partial charge in [-0.3, -0.25) is 20.4 Å². The Labute approximate surface area is 163 Å². The molecular formula is C15H17BrN4O4S2. The number of rotatable bonds is 4. The number of thiophene rings is 1. The Morgan fingerprint density at radius 3 is 2.58 bits per heavy atom. The number of nitrogens with zero attached hydrogens (tertiary/aromatic N) is 1. The molecule has 140 valence electrons. The van der Waals surface area contributed by atoms with Gasteiger partial charge in [0.15, 0.2) is 0 Å². The number of carbonyl (C=O) groups excluding carboxylic acids is 2. The summed E-state index contributed by atoms with van der Waals surface area (Å²) in [7, 11) is -3.49. The van der Waals surface area contributed by atoms with Crippen LogP contribution in [0, 0.1) is 5.92 Å². The summed E-state index contributed by atoms with van der Waals surface area (Å²) in [6, 6.07) is 4.87. The number of hydrogen-bond acceptors (Lipinski definition) is 5. The maximum absolute atomic E-state index is 12.5. The number of H-pyrrole nitrogens is 1. The third-order valence-corrected chi connectivity index (χ3v) is 7.84. The van der Waals surface area contributed by atoms with Crippen molar-refractivity contribution in [3.8, 4) is 0 Å². The van der Waals surface area contributed by atoms with Crippen LogP contribution in [0.4, 0.5) is 0 Å². The highest BCUT2D eigenvalue weighted by Crippen LogP contribution is 2.26. The second-order valence-corrected chi connectivity index (χ2v) is 9.81. The van der Waals surface area contributed by atoms with Crippen molar-refractivity contribution in [2.75, 3.05) is 13.1 Å². The van der Waals surface area contributed by atoms with Crippen LogP contribution in [0.1, 0.15) is 23.3 Å². The molecule has 1 fully saturated rings. The molecule has 26 heavy (non-hydrogen) atoms. The molecule has 3 rings (SSSR count). The molecule has 1 aliphatic heterocycles. The highest BCUT2D eigenvalue weighted by atomic mass is 79.9. The van der Waals surface area contributed by atoms with E-state index in [9.17, 15) is 18.0 Å². The molecule has 0 radical (unpaired) electrons. The molecule has 0 unspecified atom stereocenters. The van der Waals surface area contributed by atoms with Crippen molar-refractivity contribution >= 4 is 49.1 Å². The van der Waals surface area contributed by atoms with E-state index in [4.69, 9.17) is 0 Å². The van der Waals surface area contributed by atoms with Gasteiger partial charge in [-0.1, -0.05) is 6.07 Å². The van der Waals surface area contributed by atoms with Crippen molar-refractivity contribution in [2.24, 2.45) is 5.92 Å². The van der Waals surface area contributed by atoms with E-state index >= 15 is 0 Å². The highest BCUT2D eigenvalue weighted by Gasteiger charge is 2.32. The number of hydrazine groups is 1. The van der Waals surface area contributed by atoms with E-state index in [0.29, 0.717) is 22.7 Å². The lowest BCUT2D eigenvalue weighted by molar-refractivity contribution is -0.126. The van der Waals surface area contributed by atoms with Crippen LogP contribution < -0.4 is 10.9 Å². The minimum absolute atomic E-state index is 0.274. The van der Waals surface area contributed by atoms with Gasteiger partial charge in [-0.05, 0) is 46.3 Å². The second-order valence-electron chi connectivity index (χ2n) is 5.79. The van der Waals surface area contributed by atoms with Crippen LogP contribution in [-0.2, 0) is 14.8 Å². The zero-order valence-corrected chi connectivity index (χ0v) is 16.8. The van der Waals surface area contributed by atoms with Crippen molar-refractivity contribution in [3.63, 3.8) is 0 Å². The summed E-state index contributed by atoms with van der Waals surface area (Å²) in [5.74, 6) is -1.13. The van der Waals surface area contributed by atoms with Gasteiger partial charge < -0.3 is 4.98 Å². The number of aromatic amines is 1. The fraction of sp³-hybridized carbons (Fsp3) is 0.333. The van der Waals surface area contributed by atoms with Crippen LogP contribution in [0.2, 0.25) is 0 Å². The van der Waals surface area contributed by atoms with Crippen LogP contribution in [0.3, 0.4) is 0 Å². The Hall–Kier alpha value is -1.69. The Kier molecular flexibility index (Phi) is 5.80. The third-order valence-electron chi connectivity index (χ3n) is 4.11. The fourth-order valence-corrected chi connectivity index (χ4v) is 5.64. The number of amides is 2. The van der Waals surface area contributed by atoms with Gasteiger partial charge in [0.2, 0.25) is 5.91 Å². The molecular weight excluding hydrogens is 444 g/mol. The van der Waals surface area contributed by atoms with Crippen molar-refractivity contribution in [1.29, 1.82) is 0 Å². The molecule has 8 nitrogen and oxygen atoms in total. The summed E-state index contributed by atoms with van der Waals surface area (Å²) in [5, 5.41) is 1.72. The highest BCUT2D eigenvalue weighted by molar-refractivity contribution is 9.10. The van der Waals surface area contributed by atoms with E-state index in [0.717, 1.165) is 4.47 Å². The predicted molar refractivity (Wildman–Crippen MR) is 99.9 cm³/mol. The quantitative estimate of drug-likeness (QED) is 0.602. The van der Waals surface area contributed by atoms with Gasteiger partial charge in [-0.15, -0.1) is 11.3 Å². The van der Waals surface area contributed by atoms with E-state index in [1.807, 2.05) is 0 Å². The predicted octanol–water partition coefficient (Wildman–Crippen LogP) is 1.70. The Morgan fingerprint density at radius 2 is 2.00 bits per heavy atom. The van der Waals surface area contributed by atoms with Gasteiger partial charge in [0.25, 0.3) is 15.9 Å². The first kappa shape index (κ1) is 19.1. The number of piperidine rings is 1. The average Bonchev–Trinajstić information content (AvgIpc) is 3.31. The van der Waals surface area contributed by atoms with Crippen molar-refractivity contribution in [1.82, 2.24) is 20.1 Å². The number of hydrogen-bond donors (Lipinski definition) is 3. The molecule has 2 amide bonds. The fourth-order valence-electron chi connectivity index (χ4n) is 2.68. The van der Waals surface area contributed by atoms with Gasteiger partial charge in [0.05, 0.1) is 0 Å².